The highest BCUT2D eigenvalue weighted by Gasteiger charge is 2.16. The fraction of sp³-hybridized carbons (Fsp3) is 0.143. The highest BCUT2D eigenvalue weighted by molar-refractivity contribution is 5.92. The third kappa shape index (κ3) is 2.86. The zero-order valence-electron chi connectivity index (χ0n) is 10.9. The molecule has 1 heterocycles. The highest BCUT2D eigenvalue weighted by atomic mass is 16.5. The van der Waals surface area contributed by atoms with Gasteiger partial charge >= 0.3 is 5.97 Å². The Morgan fingerprint density at radius 3 is 2.85 bits per heavy atom. The zero-order chi connectivity index (χ0) is 14.5. The number of methoxy groups -OCH3 is 1. The molecule has 0 unspecified atom stereocenters. The molecule has 3 N–H and O–H groups in total. The number of aliphatic hydroxyl groups is 1. The van der Waals surface area contributed by atoms with E-state index in [1.54, 1.807) is 24.3 Å². The number of anilines is 1. The molecule has 0 fully saturated rings. The van der Waals surface area contributed by atoms with Gasteiger partial charge in [0.05, 0.1) is 25.6 Å². The van der Waals surface area contributed by atoms with Gasteiger partial charge in [-0.05, 0) is 12.1 Å². The van der Waals surface area contributed by atoms with Gasteiger partial charge in [0.25, 0.3) is 0 Å². The molecule has 2 rings (SSSR count). The van der Waals surface area contributed by atoms with Crippen LogP contribution in [-0.4, -0.2) is 23.2 Å². The van der Waals surface area contributed by atoms with Crippen LogP contribution >= 0.6 is 0 Å². The van der Waals surface area contributed by atoms with Gasteiger partial charge in [0.15, 0.2) is 0 Å². The predicted molar refractivity (Wildman–Crippen MR) is 72.4 cm³/mol. The molecule has 0 atom stereocenters. The number of carbonyl (C=O) groups excluding carboxylic acids is 1. The lowest BCUT2D eigenvalue weighted by Gasteiger charge is -2.11. The SMILES string of the molecule is COC(=O)c1cc(N)cnc1Oc1ccccc1CO. The number of esters is 1. The number of carbonyl (C=O) groups is 1. The first-order valence-corrected chi connectivity index (χ1v) is 5.86. The summed E-state index contributed by atoms with van der Waals surface area (Å²) < 4.78 is 10.2. The average Bonchev–Trinajstić information content (AvgIpc) is 2.48. The number of rotatable bonds is 4. The van der Waals surface area contributed by atoms with E-state index in [2.05, 4.69) is 9.72 Å². The molecule has 6 heteroatoms. The molecule has 0 spiro atoms. The molecule has 0 aliphatic rings. The number of aliphatic hydroxyl groups excluding tert-OH is 1. The molecule has 0 aliphatic heterocycles. The summed E-state index contributed by atoms with van der Waals surface area (Å²) in [7, 11) is 1.26. The Balaban J connectivity index is 2.40. The number of pyridine rings is 1. The Morgan fingerprint density at radius 1 is 1.40 bits per heavy atom. The van der Waals surface area contributed by atoms with Gasteiger partial charge in [-0.1, -0.05) is 18.2 Å². The average molecular weight is 274 g/mol. The smallest absolute Gasteiger partial charge is 0.343 e. The highest BCUT2D eigenvalue weighted by Crippen LogP contribution is 2.27. The molecule has 0 bridgehead atoms. The van der Waals surface area contributed by atoms with Crippen molar-refractivity contribution >= 4 is 11.7 Å². The molecule has 1 aromatic carbocycles. The van der Waals surface area contributed by atoms with E-state index in [1.807, 2.05) is 0 Å². The lowest BCUT2D eigenvalue weighted by atomic mass is 10.2. The summed E-state index contributed by atoms with van der Waals surface area (Å²) in [4.78, 5) is 15.7. The van der Waals surface area contributed by atoms with Crippen LogP contribution in [0.2, 0.25) is 0 Å². The number of nitrogens with zero attached hydrogens (tertiary/aromatic N) is 1. The Hall–Kier alpha value is -2.60. The van der Waals surface area contributed by atoms with Crippen LogP contribution in [0.4, 0.5) is 5.69 Å². The third-order valence-corrected chi connectivity index (χ3v) is 2.63. The van der Waals surface area contributed by atoms with Crippen molar-refractivity contribution in [3.63, 3.8) is 0 Å². The van der Waals surface area contributed by atoms with Crippen LogP contribution in [0, 0.1) is 0 Å². The van der Waals surface area contributed by atoms with Crippen molar-refractivity contribution in [3.05, 3.63) is 47.7 Å². The zero-order valence-corrected chi connectivity index (χ0v) is 10.9. The number of hydrogen-bond donors (Lipinski definition) is 2. The van der Waals surface area contributed by atoms with E-state index in [1.165, 1.54) is 19.4 Å². The summed E-state index contributed by atoms with van der Waals surface area (Å²) >= 11 is 0. The fourth-order valence-electron chi connectivity index (χ4n) is 1.64. The van der Waals surface area contributed by atoms with Gasteiger partial charge in [-0.15, -0.1) is 0 Å². The van der Waals surface area contributed by atoms with Crippen molar-refractivity contribution in [2.75, 3.05) is 12.8 Å². The predicted octanol–water partition coefficient (Wildman–Crippen LogP) is 1.73. The van der Waals surface area contributed by atoms with Crippen LogP contribution in [0.15, 0.2) is 36.5 Å². The quantitative estimate of drug-likeness (QED) is 0.824. The lowest BCUT2D eigenvalue weighted by Crippen LogP contribution is -2.07. The standard InChI is InChI=1S/C14H14N2O4/c1-19-14(18)11-6-10(15)7-16-13(11)20-12-5-3-2-4-9(12)8-17/h2-7,17H,8,15H2,1H3. The Labute approximate surface area is 115 Å². The number of nitrogens with two attached hydrogens (primary N) is 1. The van der Waals surface area contributed by atoms with Crippen LogP contribution in [0.5, 0.6) is 11.6 Å². The van der Waals surface area contributed by atoms with Crippen molar-refractivity contribution in [3.8, 4) is 11.6 Å². The molecule has 0 amide bonds. The number of aromatic nitrogens is 1. The Kier molecular flexibility index (Phi) is 4.17. The van der Waals surface area contributed by atoms with Crippen molar-refractivity contribution in [1.82, 2.24) is 4.98 Å². The second-order valence-corrected chi connectivity index (χ2v) is 3.98. The molecular weight excluding hydrogens is 260 g/mol. The van der Waals surface area contributed by atoms with Crippen LogP contribution in [0.25, 0.3) is 0 Å². The summed E-state index contributed by atoms with van der Waals surface area (Å²) in [5.41, 5.74) is 6.64. The van der Waals surface area contributed by atoms with E-state index >= 15 is 0 Å². The van der Waals surface area contributed by atoms with Crippen LogP contribution in [0.1, 0.15) is 15.9 Å². The van der Waals surface area contributed by atoms with Gasteiger partial charge in [0.1, 0.15) is 11.3 Å². The van der Waals surface area contributed by atoms with Gasteiger partial charge in [0, 0.05) is 5.56 Å². The first-order chi connectivity index (χ1) is 9.65. The minimum Gasteiger partial charge on any atom is -0.465 e. The van der Waals surface area contributed by atoms with E-state index in [4.69, 9.17) is 10.5 Å². The Morgan fingerprint density at radius 2 is 2.15 bits per heavy atom. The second-order valence-electron chi connectivity index (χ2n) is 3.98. The van der Waals surface area contributed by atoms with E-state index in [0.717, 1.165) is 0 Å². The topological polar surface area (TPSA) is 94.7 Å². The van der Waals surface area contributed by atoms with Crippen molar-refractivity contribution in [2.45, 2.75) is 6.61 Å². The Bertz CT molecular complexity index is 628. The van der Waals surface area contributed by atoms with Gasteiger partial charge in [-0.25, -0.2) is 9.78 Å². The summed E-state index contributed by atoms with van der Waals surface area (Å²) in [6, 6.07) is 8.34. The summed E-state index contributed by atoms with van der Waals surface area (Å²) in [6.45, 7) is -0.182. The van der Waals surface area contributed by atoms with Crippen molar-refractivity contribution < 1.29 is 19.4 Å². The second kappa shape index (κ2) is 6.03. The molecule has 0 aliphatic carbocycles. The molecule has 0 saturated carbocycles. The first kappa shape index (κ1) is 13.8. The maximum Gasteiger partial charge on any atom is 0.343 e. The van der Waals surface area contributed by atoms with Crippen molar-refractivity contribution in [2.24, 2.45) is 0 Å². The molecule has 1 aromatic heterocycles. The molecular formula is C14H14N2O4. The van der Waals surface area contributed by atoms with Gasteiger partial charge in [0.2, 0.25) is 5.88 Å². The van der Waals surface area contributed by atoms with Crippen LogP contribution in [0.3, 0.4) is 0 Å². The molecule has 6 nitrogen and oxygen atoms in total. The third-order valence-electron chi connectivity index (χ3n) is 2.63. The largest absolute Gasteiger partial charge is 0.465 e. The number of ether oxygens (including phenoxy) is 2. The maximum absolute atomic E-state index is 11.7. The monoisotopic (exact) mass is 274 g/mol. The maximum atomic E-state index is 11.7. The van der Waals surface area contributed by atoms with Gasteiger partial charge in [-0.2, -0.15) is 0 Å². The lowest BCUT2D eigenvalue weighted by molar-refractivity contribution is 0.0597. The number of nitrogen functional groups attached to an aromatic ring is 1. The van der Waals surface area contributed by atoms with E-state index in [0.29, 0.717) is 17.0 Å². The molecule has 20 heavy (non-hydrogen) atoms. The summed E-state index contributed by atoms with van der Waals surface area (Å²) in [5, 5.41) is 9.25. The van der Waals surface area contributed by atoms with Crippen molar-refractivity contribution in [1.29, 1.82) is 0 Å². The molecule has 2 aromatic rings. The van der Waals surface area contributed by atoms with Crippen LogP contribution < -0.4 is 10.5 Å². The summed E-state index contributed by atoms with van der Waals surface area (Å²) in [5.74, 6) is -0.106. The summed E-state index contributed by atoms with van der Waals surface area (Å²) in [6.07, 6.45) is 1.38. The number of para-hydroxylation sites is 1. The minimum absolute atomic E-state index is 0.0759. The van der Waals surface area contributed by atoms with E-state index in [9.17, 15) is 9.90 Å². The molecule has 0 saturated heterocycles. The minimum atomic E-state index is -0.596. The molecule has 0 radical (unpaired) electrons. The number of benzene rings is 1. The number of hydrogen-bond acceptors (Lipinski definition) is 6. The van der Waals surface area contributed by atoms with E-state index in [-0.39, 0.29) is 18.1 Å². The molecule has 104 valence electrons. The van der Waals surface area contributed by atoms with E-state index < -0.39 is 5.97 Å². The normalized spacial score (nSPS) is 10.1. The van der Waals surface area contributed by atoms with Gasteiger partial charge in [-0.3, -0.25) is 0 Å². The fourth-order valence-corrected chi connectivity index (χ4v) is 1.64. The van der Waals surface area contributed by atoms with Gasteiger partial charge < -0.3 is 20.3 Å². The first-order valence-electron chi connectivity index (χ1n) is 5.86. The van der Waals surface area contributed by atoms with Crippen LogP contribution in [-0.2, 0) is 11.3 Å².